The summed E-state index contributed by atoms with van der Waals surface area (Å²) in [6.45, 7) is 11.3. The minimum atomic E-state index is 0.0896. The van der Waals surface area contributed by atoms with Crippen LogP contribution in [0.4, 0.5) is 0 Å². The van der Waals surface area contributed by atoms with Gasteiger partial charge in [-0.15, -0.1) is 13.2 Å². The van der Waals surface area contributed by atoms with Crippen LogP contribution in [0.3, 0.4) is 0 Å². The SMILES string of the molecule is C=CB1N[B]N(C=C)B(C=C)N1. The van der Waals surface area contributed by atoms with Gasteiger partial charge in [-0.2, -0.15) is 0 Å². The van der Waals surface area contributed by atoms with E-state index in [-0.39, 0.29) is 14.0 Å². The summed E-state index contributed by atoms with van der Waals surface area (Å²) in [4.78, 5) is 0. The van der Waals surface area contributed by atoms with Gasteiger partial charge in [-0.3, -0.25) is 0 Å². The molecule has 0 amide bonds. The molecule has 1 radical (unpaired) electrons. The van der Waals surface area contributed by atoms with Crippen molar-refractivity contribution >= 4 is 21.5 Å². The van der Waals surface area contributed by atoms with Crippen molar-refractivity contribution in [1.82, 2.24) is 15.0 Å². The van der Waals surface area contributed by atoms with Crippen LogP contribution >= 0.6 is 0 Å². The Bertz CT molecular complexity index is 196. The summed E-state index contributed by atoms with van der Waals surface area (Å²) in [6, 6.07) is 0. The Hall–Kier alpha value is -0.865. The lowest BCUT2D eigenvalue weighted by Gasteiger charge is -2.33. The minimum Gasteiger partial charge on any atom is -0.441 e. The average Bonchev–Trinajstić information content (AvgIpc) is 2.16. The smallest absolute Gasteiger partial charge is 0.344 e. The van der Waals surface area contributed by atoms with E-state index < -0.39 is 0 Å². The van der Waals surface area contributed by atoms with Crippen LogP contribution in [-0.2, 0) is 0 Å². The molecular weight excluding hydrogens is 147 g/mol. The van der Waals surface area contributed by atoms with Crippen LogP contribution in [0.25, 0.3) is 0 Å². The molecule has 59 valence electrons. The quantitative estimate of drug-likeness (QED) is 0.546. The van der Waals surface area contributed by atoms with E-state index in [1.54, 1.807) is 12.2 Å². The molecule has 0 saturated carbocycles. The van der Waals surface area contributed by atoms with E-state index in [4.69, 9.17) is 0 Å². The predicted octanol–water partition coefficient (Wildman–Crippen LogP) is -0.414. The first-order valence-electron chi connectivity index (χ1n) is 3.82. The molecule has 0 aliphatic carbocycles. The molecule has 1 aliphatic rings. The topological polar surface area (TPSA) is 27.3 Å². The molecule has 2 N–H and O–H groups in total. The van der Waals surface area contributed by atoms with Gasteiger partial charge in [-0.25, -0.2) is 0 Å². The Balaban J connectivity index is 2.58. The Kier molecular flexibility index (Phi) is 3.25. The monoisotopic (exact) mass is 158 g/mol. The van der Waals surface area contributed by atoms with Gasteiger partial charge in [0.15, 0.2) is 0 Å². The number of hydrogen-bond acceptors (Lipinski definition) is 3. The van der Waals surface area contributed by atoms with Crippen molar-refractivity contribution < 1.29 is 0 Å². The number of rotatable bonds is 3. The fourth-order valence-electron chi connectivity index (χ4n) is 1.06. The molecule has 1 rings (SSSR count). The zero-order valence-electron chi connectivity index (χ0n) is 7.03. The van der Waals surface area contributed by atoms with Crippen molar-refractivity contribution in [2.24, 2.45) is 0 Å². The summed E-state index contributed by atoms with van der Waals surface area (Å²) in [7, 11) is 1.85. The largest absolute Gasteiger partial charge is 0.441 e. The predicted molar refractivity (Wildman–Crippen MR) is 56.0 cm³/mol. The molecule has 0 aromatic rings. The molecule has 12 heavy (non-hydrogen) atoms. The van der Waals surface area contributed by atoms with Gasteiger partial charge < -0.3 is 15.0 Å². The van der Waals surface area contributed by atoms with Gasteiger partial charge in [0.05, 0.1) is 0 Å². The third-order valence-corrected chi connectivity index (χ3v) is 1.74. The van der Waals surface area contributed by atoms with Gasteiger partial charge in [0.1, 0.15) is 0 Å². The molecule has 6 heteroatoms. The maximum absolute atomic E-state index is 3.72. The maximum Gasteiger partial charge on any atom is 0.344 e. The van der Waals surface area contributed by atoms with Crippen molar-refractivity contribution in [1.29, 1.82) is 0 Å². The van der Waals surface area contributed by atoms with Gasteiger partial charge in [0.2, 0.25) is 0 Å². The Morgan fingerprint density at radius 1 is 1.25 bits per heavy atom. The van der Waals surface area contributed by atoms with E-state index in [0.29, 0.717) is 0 Å². The molecule has 1 saturated heterocycles. The van der Waals surface area contributed by atoms with Gasteiger partial charge in [-0.05, 0) is 6.20 Å². The molecule has 0 aromatic carbocycles. The minimum absolute atomic E-state index is 0.0896. The summed E-state index contributed by atoms with van der Waals surface area (Å²) < 4.78 is 1.90. The highest BCUT2D eigenvalue weighted by molar-refractivity contribution is 6.85. The molecule has 1 aliphatic heterocycles. The molecule has 0 spiro atoms. The fourth-order valence-corrected chi connectivity index (χ4v) is 1.06. The van der Waals surface area contributed by atoms with E-state index in [1.165, 1.54) is 0 Å². The lowest BCUT2D eigenvalue weighted by Crippen LogP contribution is -2.68. The van der Waals surface area contributed by atoms with Crippen molar-refractivity contribution in [3.05, 3.63) is 37.9 Å². The molecule has 0 atom stereocenters. The third-order valence-electron chi connectivity index (χ3n) is 1.74. The van der Waals surface area contributed by atoms with E-state index in [9.17, 15) is 0 Å². The second-order valence-electron chi connectivity index (χ2n) is 2.49. The summed E-state index contributed by atoms with van der Waals surface area (Å²) in [5, 5.41) is 6.32. The van der Waals surface area contributed by atoms with E-state index in [2.05, 4.69) is 30.0 Å². The summed E-state index contributed by atoms with van der Waals surface area (Å²) >= 11 is 0. The zero-order valence-corrected chi connectivity index (χ0v) is 7.03. The molecular formula is C6H11B3N3. The maximum atomic E-state index is 3.72. The zero-order chi connectivity index (χ0) is 8.97. The van der Waals surface area contributed by atoms with Crippen LogP contribution in [-0.4, -0.2) is 26.2 Å². The molecule has 0 bridgehead atoms. The van der Waals surface area contributed by atoms with Crippen LogP contribution in [0.15, 0.2) is 37.9 Å². The third kappa shape index (κ3) is 1.84. The highest BCUT2D eigenvalue weighted by Crippen LogP contribution is 1.95. The highest BCUT2D eigenvalue weighted by Gasteiger charge is 2.28. The Morgan fingerprint density at radius 3 is 2.50 bits per heavy atom. The van der Waals surface area contributed by atoms with E-state index >= 15 is 0 Å². The normalized spacial score (nSPS) is 16.8. The highest BCUT2D eigenvalue weighted by atomic mass is 15.1. The summed E-state index contributed by atoms with van der Waals surface area (Å²) in [5.74, 6) is 3.61. The number of hydrogen-bond donors (Lipinski definition) is 2. The Morgan fingerprint density at radius 2 is 2.00 bits per heavy atom. The lowest BCUT2D eigenvalue weighted by molar-refractivity contribution is 0.865. The van der Waals surface area contributed by atoms with Gasteiger partial charge in [0.25, 0.3) is 0 Å². The number of nitrogens with zero attached hydrogens (tertiary/aromatic N) is 1. The van der Waals surface area contributed by atoms with Gasteiger partial charge in [-0.1, -0.05) is 18.5 Å². The molecule has 0 unspecified atom stereocenters. The summed E-state index contributed by atoms with van der Waals surface area (Å²) in [5.41, 5.74) is 0. The first kappa shape index (κ1) is 9.22. The van der Waals surface area contributed by atoms with Crippen molar-refractivity contribution in [3.63, 3.8) is 0 Å². The lowest BCUT2D eigenvalue weighted by atomic mass is 9.55. The first-order valence-corrected chi connectivity index (χ1v) is 3.82. The van der Waals surface area contributed by atoms with Crippen LogP contribution in [0, 0.1) is 0 Å². The number of nitrogens with one attached hydrogen (secondary N) is 2. The molecule has 0 aromatic heterocycles. The van der Waals surface area contributed by atoms with Crippen molar-refractivity contribution in [3.8, 4) is 0 Å². The van der Waals surface area contributed by atoms with Crippen LogP contribution < -0.4 is 10.3 Å². The van der Waals surface area contributed by atoms with Crippen molar-refractivity contribution in [2.45, 2.75) is 0 Å². The van der Waals surface area contributed by atoms with E-state index in [0.717, 1.165) is 0 Å². The molecule has 3 nitrogen and oxygen atoms in total. The fraction of sp³-hybridized carbons (Fsp3) is 0. The van der Waals surface area contributed by atoms with Crippen LogP contribution in [0.1, 0.15) is 0 Å². The van der Waals surface area contributed by atoms with Gasteiger partial charge >= 0.3 is 21.5 Å². The van der Waals surface area contributed by atoms with Crippen LogP contribution in [0.5, 0.6) is 0 Å². The first-order chi connectivity index (χ1) is 5.81. The Labute approximate surface area is 75.1 Å². The second-order valence-corrected chi connectivity index (χ2v) is 2.49. The average molecular weight is 158 g/mol. The van der Waals surface area contributed by atoms with Crippen LogP contribution in [0.2, 0.25) is 0 Å². The van der Waals surface area contributed by atoms with Gasteiger partial charge in [0, 0.05) is 0 Å². The van der Waals surface area contributed by atoms with Crippen molar-refractivity contribution in [2.75, 3.05) is 0 Å². The van der Waals surface area contributed by atoms with E-state index in [1.807, 2.05) is 18.2 Å². The molecule has 1 fully saturated rings. The molecule has 1 heterocycles. The summed E-state index contributed by atoms with van der Waals surface area (Å²) in [6.07, 6.45) is 1.73. The second kappa shape index (κ2) is 4.23. The standard InChI is InChI=1S/C6H11B3N3/c1-4-8-10-7-12(6-3)9(5-2)11-8/h4-6,10-11H,1-3H2.